The smallest absolute Gasteiger partial charge is 0.208 e. The Hall–Kier alpha value is -0.390. The van der Waals surface area contributed by atoms with Crippen LogP contribution in [0, 0.1) is 23.2 Å². The van der Waals surface area contributed by atoms with Crippen molar-refractivity contribution in [1.82, 2.24) is 4.72 Å². The molecule has 0 aliphatic heterocycles. The van der Waals surface area contributed by atoms with Crippen molar-refractivity contribution in [3.05, 3.63) is 28.7 Å². The maximum Gasteiger partial charge on any atom is 0.240 e. The fourth-order valence-corrected chi connectivity index (χ4v) is 7.80. The number of rotatable bonds is 5. The van der Waals surface area contributed by atoms with Gasteiger partial charge in [0.1, 0.15) is 0 Å². The summed E-state index contributed by atoms with van der Waals surface area (Å²) in [5.74, 6) is 2.51. The van der Waals surface area contributed by atoms with E-state index in [1.807, 2.05) is 0 Å². The Morgan fingerprint density at radius 1 is 1.08 bits per heavy atom. The third-order valence-corrected chi connectivity index (χ3v) is 8.67. The number of benzene rings is 1. The Morgan fingerprint density at radius 3 is 2.04 bits per heavy atom. The van der Waals surface area contributed by atoms with E-state index in [2.05, 4.69) is 27.6 Å². The lowest BCUT2D eigenvalue weighted by molar-refractivity contribution is -0.0704. The van der Waals surface area contributed by atoms with Crippen LogP contribution in [0.4, 0.5) is 0 Å². The molecule has 0 aromatic heterocycles. The lowest BCUT2D eigenvalue weighted by Gasteiger charge is -2.59. The van der Waals surface area contributed by atoms with Gasteiger partial charge in [-0.1, -0.05) is 22.9 Å². The average Bonchev–Trinajstić information content (AvgIpc) is 2.51. The summed E-state index contributed by atoms with van der Waals surface area (Å²) in [6.07, 6.45) is 8.70. The maximum absolute atomic E-state index is 12.9. The zero-order chi connectivity index (χ0) is 16.9. The van der Waals surface area contributed by atoms with E-state index < -0.39 is 10.0 Å². The van der Waals surface area contributed by atoms with E-state index in [0.29, 0.717) is 4.90 Å². The summed E-state index contributed by atoms with van der Waals surface area (Å²) in [5.41, 5.74) is 0.200. The van der Waals surface area contributed by atoms with Crippen molar-refractivity contribution >= 4 is 26.0 Å². The lowest BCUT2D eigenvalue weighted by Crippen LogP contribution is -2.56. The standard InChI is InChI=1S/C19H26BrNO2S/c1-2-18(21-24(22,23)17-5-3-16(20)4-6-17)19-10-13-7-14(11-19)9-15(8-13)12-19/h3-6,13-15,18,21H,2,7-12H2,1H3/t13?,14?,15?,18-,19?/m1/s1. The Bertz CT molecular complexity index is 678. The quantitative estimate of drug-likeness (QED) is 0.761. The van der Waals surface area contributed by atoms with Crippen molar-refractivity contribution in [1.29, 1.82) is 0 Å². The van der Waals surface area contributed by atoms with Crippen LogP contribution >= 0.6 is 15.9 Å². The number of hydrogen-bond acceptors (Lipinski definition) is 2. The topological polar surface area (TPSA) is 46.2 Å². The van der Waals surface area contributed by atoms with Crippen LogP contribution in [0.5, 0.6) is 0 Å². The monoisotopic (exact) mass is 411 g/mol. The highest BCUT2D eigenvalue weighted by Crippen LogP contribution is 2.61. The molecule has 1 aromatic rings. The zero-order valence-corrected chi connectivity index (χ0v) is 16.6. The van der Waals surface area contributed by atoms with Gasteiger partial charge in [-0.3, -0.25) is 0 Å². The molecule has 5 rings (SSSR count). The molecule has 0 unspecified atom stereocenters. The fraction of sp³-hybridized carbons (Fsp3) is 0.684. The van der Waals surface area contributed by atoms with Gasteiger partial charge in [-0.15, -0.1) is 0 Å². The number of hydrogen-bond donors (Lipinski definition) is 1. The SMILES string of the molecule is CC[C@@H](NS(=O)(=O)c1ccc(Br)cc1)C12CC3CC(CC(C3)C1)C2. The first-order chi connectivity index (χ1) is 11.4. The van der Waals surface area contributed by atoms with Crippen LogP contribution in [-0.4, -0.2) is 14.5 Å². The van der Waals surface area contributed by atoms with Crippen LogP contribution in [0.3, 0.4) is 0 Å². The summed E-state index contributed by atoms with van der Waals surface area (Å²) in [5, 5.41) is 0. The molecule has 1 aromatic carbocycles. The first-order valence-electron chi connectivity index (χ1n) is 9.18. The van der Waals surface area contributed by atoms with Crippen LogP contribution in [-0.2, 0) is 10.0 Å². The molecule has 4 aliphatic rings. The molecule has 0 radical (unpaired) electrons. The molecule has 1 atom stereocenters. The van der Waals surface area contributed by atoms with Crippen LogP contribution < -0.4 is 4.72 Å². The van der Waals surface area contributed by atoms with Gasteiger partial charge in [-0.25, -0.2) is 13.1 Å². The van der Waals surface area contributed by atoms with E-state index >= 15 is 0 Å². The molecule has 0 saturated heterocycles. The Balaban J connectivity index is 1.59. The van der Waals surface area contributed by atoms with Gasteiger partial charge >= 0.3 is 0 Å². The molecule has 1 N–H and O–H groups in total. The van der Waals surface area contributed by atoms with E-state index in [9.17, 15) is 8.42 Å². The maximum atomic E-state index is 12.9. The number of sulfonamides is 1. The van der Waals surface area contributed by atoms with Crippen LogP contribution in [0.2, 0.25) is 0 Å². The minimum absolute atomic E-state index is 0.0690. The van der Waals surface area contributed by atoms with Crippen molar-refractivity contribution in [3.8, 4) is 0 Å². The molecule has 4 fully saturated rings. The molecule has 3 nitrogen and oxygen atoms in total. The summed E-state index contributed by atoms with van der Waals surface area (Å²) >= 11 is 3.37. The Labute approximate surface area is 153 Å². The van der Waals surface area contributed by atoms with Crippen molar-refractivity contribution < 1.29 is 8.42 Å². The molecule has 0 spiro atoms. The highest BCUT2D eigenvalue weighted by Gasteiger charge is 2.54. The van der Waals surface area contributed by atoms with Gasteiger partial charge in [0.15, 0.2) is 0 Å². The van der Waals surface area contributed by atoms with E-state index in [1.54, 1.807) is 24.3 Å². The third kappa shape index (κ3) is 2.97. The van der Waals surface area contributed by atoms with Gasteiger partial charge in [0.05, 0.1) is 4.90 Å². The van der Waals surface area contributed by atoms with Gasteiger partial charge in [0.2, 0.25) is 10.0 Å². The lowest BCUT2D eigenvalue weighted by atomic mass is 9.47. The number of nitrogens with one attached hydrogen (secondary N) is 1. The van der Waals surface area contributed by atoms with Crippen LogP contribution in [0.25, 0.3) is 0 Å². The third-order valence-electron chi connectivity index (χ3n) is 6.65. The van der Waals surface area contributed by atoms with Gasteiger partial charge in [0, 0.05) is 10.5 Å². The van der Waals surface area contributed by atoms with Gasteiger partial charge in [-0.2, -0.15) is 0 Å². The molecule has 4 saturated carbocycles. The minimum Gasteiger partial charge on any atom is -0.208 e. The van der Waals surface area contributed by atoms with E-state index in [-0.39, 0.29) is 11.5 Å². The fourth-order valence-electron chi connectivity index (χ4n) is 6.11. The molecule has 4 bridgehead atoms. The van der Waals surface area contributed by atoms with Gasteiger partial charge in [0.25, 0.3) is 0 Å². The molecular formula is C19H26BrNO2S. The second-order valence-corrected chi connectivity index (χ2v) is 10.9. The van der Waals surface area contributed by atoms with E-state index in [0.717, 1.165) is 28.6 Å². The second kappa shape index (κ2) is 6.10. The van der Waals surface area contributed by atoms with Crippen molar-refractivity contribution in [2.75, 3.05) is 0 Å². The second-order valence-electron chi connectivity index (χ2n) is 8.32. The summed E-state index contributed by atoms with van der Waals surface area (Å²) < 4.78 is 29.7. The Morgan fingerprint density at radius 2 is 1.58 bits per heavy atom. The van der Waals surface area contributed by atoms with Crippen molar-refractivity contribution in [2.45, 2.75) is 62.8 Å². The highest BCUT2D eigenvalue weighted by molar-refractivity contribution is 9.10. The number of halogens is 1. The van der Waals surface area contributed by atoms with Gasteiger partial charge in [-0.05, 0) is 92.4 Å². The summed E-state index contributed by atoms with van der Waals surface area (Å²) in [7, 11) is -3.45. The van der Waals surface area contributed by atoms with Crippen LogP contribution in [0.15, 0.2) is 33.6 Å². The van der Waals surface area contributed by atoms with E-state index in [1.165, 1.54) is 38.5 Å². The summed E-state index contributed by atoms with van der Waals surface area (Å²) in [6, 6.07) is 7.01. The molecule has 0 heterocycles. The largest absolute Gasteiger partial charge is 0.240 e. The highest BCUT2D eigenvalue weighted by atomic mass is 79.9. The summed E-state index contributed by atoms with van der Waals surface area (Å²) in [4.78, 5) is 0.369. The van der Waals surface area contributed by atoms with Crippen molar-refractivity contribution in [2.24, 2.45) is 23.2 Å². The average molecular weight is 412 g/mol. The molecule has 4 aliphatic carbocycles. The normalized spacial score (nSPS) is 36.0. The Kier molecular flexibility index (Phi) is 4.33. The first-order valence-corrected chi connectivity index (χ1v) is 11.5. The predicted molar refractivity (Wildman–Crippen MR) is 99.1 cm³/mol. The zero-order valence-electron chi connectivity index (χ0n) is 14.2. The first kappa shape index (κ1) is 17.0. The van der Waals surface area contributed by atoms with Gasteiger partial charge < -0.3 is 0 Å². The summed E-state index contributed by atoms with van der Waals surface area (Å²) in [6.45, 7) is 2.13. The van der Waals surface area contributed by atoms with E-state index in [4.69, 9.17) is 0 Å². The molecule has 132 valence electrons. The predicted octanol–water partition coefficient (Wildman–Crippen LogP) is 4.72. The molecular weight excluding hydrogens is 386 g/mol. The molecule has 0 amide bonds. The van der Waals surface area contributed by atoms with Crippen LogP contribution in [0.1, 0.15) is 51.9 Å². The minimum atomic E-state index is -3.45. The van der Waals surface area contributed by atoms with Crippen molar-refractivity contribution in [3.63, 3.8) is 0 Å². The molecule has 5 heteroatoms. The molecule has 24 heavy (non-hydrogen) atoms.